The fraction of sp³-hybridized carbons (Fsp3) is 0.278. The lowest BCUT2D eigenvalue weighted by molar-refractivity contribution is -0.119. The van der Waals surface area contributed by atoms with Gasteiger partial charge >= 0.3 is 0 Å². The van der Waals surface area contributed by atoms with Gasteiger partial charge in [0.15, 0.2) is 0 Å². The fourth-order valence-electron chi connectivity index (χ4n) is 2.59. The van der Waals surface area contributed by atoms with Gasteiger partial charge in [-0.1, -0.05) is 30.3 Å². The van der Waals surface area contributed by atoms with Crippen LogP contribution in [0.4, 0.5) is 5.69 Å². The topological polar surface area (TPSA) is 50.4 Å². The minimum atomic E-state index is -0.135. The maximum atomic E-state index is 11.7. The first-order chi connectivity index (χ1) is 10.7. The molecule has 0 saturated carbocycles. The molecule has 1 heterocycles. The molecule has 1 aliphatic rings. The molecule has 4 nitrogen and oxygen atoms in total. The van der Waals surface area contributed by atoms with Gasteiger partial charge in [-0.2, -0.15) is 0 Å². The second-order valence-corrected chi connectivity index (χ2v) is 5.47. The highest BCUT2D eigenvalue weighted by molar-refractivity contribution is 5.86. The Kier molecular flexibility index (Phi) is 4.28. The summed E-state index contributed by atoms with van der Waals surface area (Å²) in [6.45, 7) is 3.31. The molecule has 1 saturated heterocycles. The van der Waals surface area contributed by atoms with Gasteiger partial charge in [0.25, 0.3) is 0 Å². The number of carbonyl (C=O) groups excluding carboxylic acids is 1. The minimum absolute atomic E-state index is 0.0744. The van der Waals surface area contributed by atoms with Gasteiger partial charge in [-0.25, -0.2) is 0 Å². The van der Waals surface area contributed by atoms with E-state index < -0.39 is 0 Å². The fourth-order valence-corrected chi connectivity index (χ4v) is 2.59. The third kappa shape index (κ3) is 3.22. The van der Waals surface area contributed by atoms with E-state index in [9.17, 15) is 4.79 Å². The number of ether oxygens (including phenoxy) is 1. The smallest absolute Gasteiger partial charge is 0.242 e. The first-order valence-electron chi connectivity index (χ1n) is 7.54. The molecule has 3 rings (SSSR count). The minimum Gasteiger partial charge on any atom is -0.489 e. The van der Waals surface area contributed by atoms with Crippen molar-refractivity contribution in [2.24, 2.45) is 0 Å². The Bertz CT molecular complexity index is 655. The van der Waals surface area contributed by atoms with Crippen LogP contribution in [0.2, 0.25) is 0 Å². The number of para-hydroxylation sites is 1. The van der Waals surface area contributed by atoms with Gasteiger partial charge in [0.1, 0.15) is 18.4 Å². The number of carbonyl (C=O) groups is 1. The van der Waals surface area contributed by atoms with E-state index in [1.165, 1.54) is 0 Å². The highest BCUT2D eigenvalue weighted by atomic mass is 16.5. The van der Waals surface area contributed by atoms with E-state index in [1.807, 2.05) is 42.5 Å². The van der Waals surface area contributed by atoms with E-state index in [4.69, 9.17) is 4.74 Å². The third-order valence-electron chi connectivity index (χ3n) is 3.96. The van der Waals surface area contributed by atoms with Crippen LogP contribution in [0.1, 0.15) is 17.5 Å². The van der Waals surface area contributed by atoms with Gasteiger partial charge in [0.2, 0.25) is 5.91 Å². The number of amides is 1. The molecule has 0 radical (unpaired) electrons. The largest absolute Gasteiger partial charge is 0.489 e. The van der Waals surface area contributed by atoms with Crippen molar-refractivity contribution in [1.82, 2.24) is 5.32 Å². The Labute approximate surface area is 130 Å². The summed E-state index contributed by atoms with van der Waals surface area (Å²) in [5, 5.41) is 6.17. The third-order valence-corrected chi connectivity index (χ3v) is 3.96. The van der Waals surface area contributed by atoms with Crippen molar-refractivity contribution in [1.29, 1.82) is 0 Å². The number of benzene rings is 2. The highest BCUT2D eigenvalue weighted by Gasteiger charge is 2.24. The molecule has 2 aromatic carbocycles. The van der Waals surface area contributed by atoms with Gasteiger partial charge in [0, 0.05) is 12.2 Å². The quantitative estimate of drug-likeness (QED) is 0.892. The van der Waals surface area contributed by atoms with Crippen LogP contribution in [0.3, 0.4) is 0 Å². The summed E-state index contributed by atoms with van der Waals surface area (Å²) in [5.41, 5.74) is 3.24. The normalized spacial score (nSPS) is 17.1. The molecule has 1 unspecified atom stereocenters. The lowest BCUT2D eigenvalue weighted by Crippen LogP contribution is -2.29. The van der Waals surface area contributed by atoms with Crippen LogP contribution in [-0.4, -0.2) is 18.5 Å². The summed E-state index contributed by atoms with van der Waals surface area (Å²) in [6, 6.07) is 15.7. The van der Waals surface area contributed by atoms with Crippen molar-refractivity contribution in [2.75, 3.05) is 11.9 Å². The van der Waals surface area contributed by atoms with E-state index >= 15 is 0 Å². The van der Waals surface area contributed by atoms with Crippen LogP contribution in [0.5, 0.6) is 5.75 Å². The van der Waals surface area contributed by atoms with Crippen LogP contribution in [0.25, 0.3) is 0 Å². The molecule has 1 fully saturated rings. The Morgan fingerprint density at radius 1 is 1.18 bits per heavy atom. The molecule has 0 bridgehead atoms. The highest BCUT2D eigenvalue weighted by Crippen LogP contribution is 2.22. The molecule has 22 heavy (non-hydrogen) atoms. The Balaban J connectivity index is 1.70. The molecule has 114 valence electrons. The van der Waals surface area contributed by atoms with Crippen LogP contribution in [-0.2, 0) is 11.4 Å². The van der Waals surface area contributed by atoms with Crippen molar-refractivity contribution in [3.8, 4) is 5.75 Å². The number of hydrogen-bond donors (Lipinski definition) is 2. The van der Waals surface area contributed by atoms with Crippen LogP contribution in [0, 0.1) is 6.92 Å². The first-order valence-corrected chi connectivity index (χ1v) is 7.54. The van der Waals surface area contributed by atoms with E-state index in [1.54, 1.807) is 0 Å². The van der Waals surface area contributed by atoms with Crippen molar-refractivity contribution < 1.29 is 9.53 Å². The van der Waals surface area contributed by atoms with Crippen molar-refractivity contribution in [3.63, 3.8) is 0 Å². The Hall–Kier alpha value is -2.49. The van der Waals surface area contributed by atoms with E-state index in [0.717, 1.165) is 35.5 Å². The zero-order valence-electron chi connectivity index (χ0n) is 12.6. The molecule has 1 amide bonds. The molecular weight excluding hydrogens is 276 g/mol. The summed E-state index contributed by atoms with van der Waals surface area (Å²) < 4.78 is 5.81. The van der Waals surface area contributed by atoms with Crippen molar-refractivity contribution in [2.45, 2.75) is 26.0 Å². The molecule has 1 atom stereocenters. The van der Waals surface area contributed by atoms with Gasteiger partial charge < -0.3 is 15.4 Å². The summed E-state index contributed by atoms with van der Waals surface area (Å²) in [7, 11) is 0. The molecule has 1 aliphatic heterocycles. The average Bonchev–Trinajstić information content (AvgIpc) is 2.94. The number of rotatable bonds is 5. The second-order valence-electron chi connectivity index (χ2n) is 5.47. The Morgan fingerprint density at radius 2 is 2.00 bits per heavy atom. The van der Waals surface area contributed by atoms with Gasteiger partial charge in [0.05, 0.1) is 0 Å². The summed E-state index contributed by atoms with van der Waals surface area (Å²) in [4.78, 5) is 11.7. The maximum Gasteiger partial charge on any atom is 0.242 e. The van der Waals surface area contributed by atoms with Gasteiger partial charge in [-0.05, 0) is 42.7 Å². The molecule has 0 aromatic heterocycles. The van der Waals surface area contributed by atoms with Gasteiger partial charge in [-0.3, -0.25) is 4.79 Å². The van der Waals surface area contributed by atoms with Crippen LogP contribution < -0.4 is 15.4 Å². The molecule has 0 aliphatic carbocycles. The summed E-state index contributed by atoms with van der Waals surface area (Å²) >= 11 is 0. The Morgan fingerprint density at radius 3 is 2.73 bits per heavy atom. The number of anilines is 1. The van der Waals surface area contributed by atoms with Gasteiger partial charge in [-0.15, -0.1) is 0 Å². The summed E-state index contributed by atoms with van der Waals surface area (Å²) in [6.07, 6.45) is 0.822. The molecular formula is C18H20N2O2. The standard InChI is InChI=1S/C18H20N2O2/c1-13-14(12-22-15-7-3-2-4-8-15)6-5-9-16(13)20-17-10-11-19-18(17)21/h2-9,17,20H,10-12H2,1H3,(H,19,21). The second kappa shape index (κ2) is 6.52. The molecule has 2 N–H and O–H groups in total. The monoisotopic (exact) mass is 296 g/mol. The molecule has 2 aromatic rings. The van der Waals surface area contributed by atoms with Crippen molar-refractivity contribution >= 4 is 11.6 Å². The average molecular weight is 296 g/mol. The van der Waals surface area contributed by atoms with E-state index in [0.29, 0.717) is 6.61 Å². The number of nitrogens with one attached hydrogen (secondary N) is 2. The number of hydrogen-bond acceptors (Lipinski definition) is 3. The first kappa shape index (κ1) is 14.4. The van der Waals surface area contributed by atoms with Crippen LogP contribution in [0.15, 0.2) is 48.5 Å². The van der Waals surface area contributed by atoms with Crippen LogP contribution >= 0.6 is 0 Å². The zero-order valence-corrected chi connectivity index (χ0v) is 12.6. The molecule has 0 spiro atoms. The maximum absolute atomic E-state index is 11.7. The lowest BCUT2D eigenvalue weighted by atomic mass is 10.1. The SMILES string of the molecule is Cc1c(COc2ccccc2)cccc1NC1CCNC1=O. The van der Waals surface area contributed by atoms with E-state index in [2.05, 4.69) is 23.6 Å². The lowest BCUT2D eigenvalue weighted by Gasteiger charge is -2.16. The zero-order chi connectivity index (χ0) is 15.4. The van der Waals surface area contributed by atoms with Crippen molar-refractivity contribution in [3.05, 3.63) is 59.7 Å². The van der Waals surface area contributed by atoms with E-state index in [-0.39, 0.29) is 11.9 Å². The predicted molar refractivity (Wildman–Crippen MR) is 87.0 cm³/mol. The molecule has 4 heteroatoms. The summed E-state index contributed by atoms with van der Waals surface area (Å²) in [5.74, 6) is 0.931. The predicted octanol–water partition coefficient (Wildman–Crippen LogP) is 2.87.